The van der Waals surface area contributed by atoms with E-state index in [-0.39, 0.29) is 10.8 Å². The third-order valence-corrected chi connectivity index (χ3v) is 11.3. The van der Waals surface area contributed by atoms with Crippen molar-refractivity contribution in [2.24, 2.45) is 5.16 Å². The first-order valence-corrected chi connectivity index (χ1v) is 14.0. The Labute approximate surface area is 170 Å². The van der Waals surface area contributed by atoms with Crippen molar-refractivity contribution in [2.45, 2.75) is 24.0 Å². The van der Waals surface area contributed by atoms with E-state index in [9.17, 15) is 17.8 Å². The molecule has 0 spiro atoms. The van der Waals surface area contributed by atoms with Crippen LogP contribution in [0.25, 0.3) is 0 Å². The van der Waals surface area contributed by atoms with Gasteiger partial charge < -0.3 is 19.0 Å². The maximum absolute atomic E-state index is 13.1. The van der Waals surface area contributed by atoms with Gasteiger partial charge in [0, 0.05) is 32.7 Å². The summed E-state index contributed by atoms with van der Waals surface area (Å²) in [6.07, 6.45) is -1.27. The lowest BCUT2D eigenvalue weighted by Gasteiger charge is -2.23. The monoisotopic (exact) mass is 450 g/mol. The molecule has 0 aliphatic rings. The highest BCUT2D eigenvalue weighted by atomic mass is 32.7. The van der Waals surface area contributed by atoms with Gasteiger partial charge in [0.05, 0.1) is 4.90 Å². The summed E-state index contributed by atoms with van der Waals surface area (Å²) in [5.41, 5.74) is 0.599. The van der Waals surface area contributed by atoms with E-state index < -0.39 is 27.5 Å². The highest BCUT2D eigenvalue weighted by molar-refractivity contribution is 8.58. The molecule has 0 heterocycles. The normalized spacial score (nSPS) is 13.7. The fourth-order valence-corrected chi connectivity index (χ4v) is 7.00. The Morgan fingerprint density at radius 3 is 2.14 bits per heavy atom. The molecule has 8 nitrogen and oxygen atoms in total. The van der Waals surface area contributed by atoms with Crippen molar-refractivity contribution in [2.75, 3.05) is 39.8 Å². The van der Waals surface area contributed by atoms with Crippen molar-refractivity contribution in [1.82, 2.24) is 4.90 Å². The van der Waals surface area contributed by atoms with Crippen molar-refractivity contribution < 1.29 is 27.4 Å². The van der Waals surface area contributed by atoms with E-state index in [1.54, 1.807) is 12.1 Å². The number of rotatable bonds is 8. The maximum atomic E-state index is 13.1. The molecule has 1 rings (SSSR count). The van der Waals surface area contributed by atoms with E-state index in [1.165, 1.54) is 38.2 Å². The average Bonchev–Trinajstić information content (AvgIpc) is 2.65. The zero-order valence-corrected chi connectivity index (χ0v) is 19.4. The Morgan fingerprint density at radius 1 is 1.21 bits per heavy atom. The smallest absolute Gasteiger partial charge is 0.396 e. The Kier molecular flexibility index (Phi) is 9.04. The zero-order valence-electron chi connectivity index (χ0n) is 16.9. The summed E-state index contributed by atoms with van der Waals surface area (Å²) < 4.78 is 41.9. The number of carbonyl (C=O) groups excluding carboxylic acids is 1. The summed E-state index contributed by atoms with van der Waals surface area (Å²) in [6.45, 7) is 3.67. The Hall–Kier alpha value is -1.51. The van der Waals surface area contributed by atoms with Gasteiger partial charge in [-0.15, -0.1) is 0 Å². The fraction of sp³-hybridized carbons (Fsp3) is 0.529. The number of hydrogen-bond acceptors (Lipinski definition) is 8. The van der Waals surface area contributed by atoms with E-state index in [0.29, 0.717) is 17.9 Å². The number of ether oxygens (including phenoxy) is 1. The molecule has 0 fully saturated rings. The van der Waals surface area contributed by atoms with Crippen LogP contribution in [0.1, 0.15) is 24.7 Å². The molecule has 0 saturated carbocycles. The van der Waals surface area contributed by atoms with Crippen LogP contribution in [0.2, 0.25) is 0 Å². The van der Waals surface area contributed by atoms with Crippen LogP contribution in [0.4, 0.5) is 4.79 Å². The predicted octanol–water partition coefficient (Wildman–Crippen LogP) is 3.84. The SMILES string of the molecule is CCP(=O)(CC)SC(C(=NOC)OC(=O)N(C)C)c1ccc(S(C)(=O)=O)cc1. The lowest BCUT2D eigenvalue weighted by molar-refractivity contribution is 0.156. The highest BCUT2D eigenvalue weighted by Gasteiger charge is 2.32. The molecule has 1 atom stereocenters. The summed E-state index contributed by atoms with van der Waals surface area (Å²) in [6, 6.07) is 6.11. The molecule has 11 heteroatoms. The van der Waals surface area contributed by atoms with Crippen LogP contribution in [0.15, 0.2) is 34.3 Å². The number of carbonyl (C=O) groups is 1. The molecule has 158 valence electrons. The summed E-state index contributed by atoms with van der Waals surface area (Å²) in [4.78, 5) is 18.3. The van der Waals surface area contributed by atoms with Gasteiger partial charge in [0.25, 0.3) is 5.90 Å². The maximum Gasteiger partial charge on any atom is 0.415 e. The molecule has 1 amide bonds. The molecule has 1 aromatic rings. The first-order valence-electron chi connectivity index (χ1n) is 8.54. The third kappa shape index (κ3) is 6.83. The Morgan fingerprint density at radius 2 is 1.75 bits per heavy atom. The Balaban J connectivity index is 3.44. The van der Waals surface area contributed by atoms with Gasteiger partial charge in [-0.2, -0.15) is 0 Å². The van der Waals surface area contributed by atoms with Crippen molar-refractivity contribution in [3.05, 3.63) is 29.8 Å². The summed E-state index contributed by atoms with van der Waals surface area (Å²) >= 11 is 1.16. The highest BCUT2D eigenvalue weighted by Crippen LogP contribution is 2.63. The molecule has 0 aliphatic carbocycles. The second-order valence-electron chi connectivity index (χ2n) is 6.15. The zero-order chi connectivity index (χ0) is 21.5. The first kappa shape index (κ1) is 24.5. The van der Waals surface area contributed by atoms with Crippen LogP contribution in [0, 0.1) is 0 Å². The van der Waals surface area contributed by atoms with Crippen LogP contribution in [-0.4, -0.2) is 65.1 Å². The van der Waals surface area contributed by atoms with Gasteiger partial charge in [-0.3, -0.25) is 0 Å². The van der Waals surface area contributed by atoms with Gasteiger partial charge in [-0.25, -0.2) is 13.2 Å². The number of oxime groups is 1. The standard InChI is InChI=1S/C17H27N2O6PS2/c1-7-26(21,8-2)27-15(16(18-24-5)25-17(20)19(3)4)13-9-11-14(12-10-13)28(6,22)23/h9-12,15H,7-8H2,1-6H3. The van der Waals surface area contributed by atoms with E-state index >= 15 is 0 Å². The molecule has 28 heavy (non-hydrogen) atoms. The van der Waals surface area contributed by atoms with Crippen molar-refractivity contribution in [3.8, 4) is 0 Å². The second-order valence-corrected chi connectivity index (χ2v) is 14.4. The van der Waals surface area contributed by atoms with Crippen molar-refractivity contribution >= 4 is 39.6 Å². The number of nitrogens with zero attached hydrogens (tertiary/aromatic N) is 2. The summed E-state index contributed by atoms with van der Waals surface area (Å²) in [7, 11) is 1.01. The molecule has 0 aliphatic heterocycles. The molecule has 0 saturated heterocycles. The van der Waals surface area contributed by atoms with Gasteiger partial charge in [-0.1, -0.05) is 42.5 Å². The minimum atomic E-state index is -3.36. The molecule has 1 unspecified atom stereocenters. The molecule has 0 bridgehead atoms. The largest absolute Gasteiger partial charge is 0.415 e. The molecular weight excluding hydrogens is 423 g/mol. The van der Waals surface area contributed by atoms with Crippen LogP contribution in [0.3, 0.4) is 0 Å². The predicted molar refractivity (Wildman–Crippen MR) is 113 cm³/mol. The first-order chi connectivity index (χ1) is 13.0. The molecular formula is C17H27N2O6PS2. The fourth-order valence-electron chi connectivity index (χ4n) is 2.09. The van der Waals surface area contributed by atoms with Crippen LogP contribution in [0.5, 0.6) is 0 Å². The van der Waals surface area contributed by atoms with Crippen LogP contribution < -0.4 is 0 Å². The number of sulfone groups is 1. The van der Waals surface area contributed by atoms with Crippen molar-refractivity contribution in [1.29, 1.82) is 0 Å². The minimum absolute atomic E-state index is 0.0552. The van der Waals surface area contributed by atoms with E-state index in [4.69, 9.17) is 9.57 Å². The van der Waals surface area contributed by atoms with E-state index in [0.717, 1.165) is 17.6 Å². The summed E-state index contributed by atoms with van der Waals surface area (Å²) in [5.74, 6) is -0.0552. The number of hydrogen-bond donors (Lipinski definition) is 0. The Bertz CT molecular complexity index is 845. The second kappa shape index (κ2) is 10.3. The lowest BCUT2D eigenvalue weighted by Crippen LogP contribution is -2.28. The van der Waals surface area contributed by atoms with E-state index in [1.807, 2.05) is 13.8 Å². The number of benzene rings is 1. The lowest BCUT2D eigenvalue weighted by atomic mass is 10.1. The number of amides is 1. The minimum Gasteiger partial charge on any atom is -0.396 e. The third-order valence-electron chi connectivity index (χ3n) is 3.83. The van der Waals surface area contributed by atoms with Gasteiger partial charge in [0.15, 0.2) is 9.84 Å². The molecule has 0 aromatic heterocycles. The molecule has 0 N–H and O–H groups in total. The van der Waals surface area contributed by atoms with E-state index in [2.05, 4.69) is 5.16 Å². The summed E-state index contributed by atoms with van der Waals surface area (Å²) in [5, 5.41) is 3.13. The van der Waals surface area contributed by atoms with Crippen molar-refractivity contribution in [3.63, 3.8) is 0 Å². The van der Waals surface area contributed by atoms with Crippen LogP contribution >= 0.6 is 17.7 Å². The van der Waals surface area contributed by atoms with Crippen LogP contribution in [-0.2, 0) is 24.0 Å². The molecule has 1 aromatic carbocycles. The van der Waals surface area contributed by atoms with Gasteiger partial charge in [-0.05, 0) is 17.7 Å². The van der Waals surface area contributed by atoms with Gasteiger partial charge in [0.1, 0.15) is 18.7 Å². The van der Waals surface area contributed by atoms with Gasteiger partial charge in [0.2, 0.25) is 0 Å². The molecule has 0 radical (unpaired) electrons. The van der Waals surface area contributed by atoms with Gasteiger partial charge >= 0.3 is 6.09 Å². The topological polar surface area (TPSA) is 102 Å². The quantitative estimate of drug-likeness (QED) is 0.257. The average molecular weight is 451 g/mol.